The largest absolute Gasteiger partial charge is 0.523 e. The summed E-state index contributed by atoms with van der Waals surface area (Å²) in [6.45, 7) is -0.359. The first kappa shape index (κ1) is 13.6. The number of hydrogen-bond acceptors (Lipinski definition) is 5. The summed E-state index contributed by atoms with van der Waals surface area (Å²) >= 11 is 0. The normalized spacial score (nSPS) is 15.9. The van der Waals surface area contributed by atoms with E-state index in [1.165, 1.54) is 14.1 Å². The van der Waals surface area contributed by atoms with Crippen molar-refractivity contribution in [3.8, 4) is 0 Å². The molecule has 5 nitrogen and oxygen atoms in total. The third-order valence-corrected chi connectivity index (χ3v) is 2.34. The third-order valence-electron chi connectivity index (χ3n) is 1.30. The quantitative estimate of drug-likeness (QED) is 0.412. The Balaban J connectivity index is 4.67. The number of hydrogen-bond donors (Lipinski definition) is 1. The second kappa shape index (κ2) is 4.43. The molecule has 0 rings (SSSR count). The van der Waals surface area contributed by atoms with Gasteiger partial charge in [-0.25, -0.2) is 4.18 Å². The molecule has 1 unspecified atom stereocenters. The lowest BCUT2D eigenvalue weighted by molar-refractivity contribution is -0.0631. The molecule has 9 heteroatoms. The standard InChI is InChI=1S/C5H11F3N2O3S/c1-10(2)4(3-9)13-14(11,12)5(6,7)8/h4H,3,9H2,1-2H3. The van der Waals surface area contributed by atoms with Crippen molar-refractivity contribution < 1.29 is 25.8 Å². The highest BCUT2D eigenvalue weighted by molar-refractivity contribution is 7.87. The summed E-state index contributed by atoms with van der Waals surface area (Å²) in [5.74, 6) is 0. The molecule has 0 aromatic heterocycles. The summed E-state index contributed by atoms with van der Waals surface area (Å²) in [5, 5.41) is 0. The fourth-order valence-electron chi connectivity index (χ4n) is 0.537. The van der Waals surface area contributed by atoms with E-state index >= 15 is 0 Å². The minimum Gasteiger partial charge on any atom is -0.327 e. The van der Waals surface area contributed by atoms with Crippen LogP contribution in [-0.2, 0) is 14.3 Å². The predicted octanol–water partition coefficient (Wildman–Crippen LogP) is -0.301. The molecule has 0 saturated heterocycles. The second-order valence-corrected chi connectivity index (χ2v) is 4.21. The molecule has 0 aliphatic carbocycles. The van der Waals surface area contributed by atoms with Gasteiger partial charge < -0.3 is 5.73 Å². The lowest BCUT2D eigenvalue weighted by Gasteiger charge is -2.22. The van der Waals surface area contributed by atoms with E-state index in [2.05, 4.69) is 4.18 Å². The molecule has 0 aromatic carbocycles. The summed E-state index contributed by atoms with van der Waals surface area (Å²) in [6.07, 6.45) is -1.32. The van der Waals surface area contributed by atoms with E-state index < -0.39 is 21.9 Å². The molecule has 0 fully saturated rings. The first-order valence-corrected chi connectivity index (χ1v) is 4.88. The molecule has 0 aliphatic heterocycles. The van der Waals surface area contributed by atoms with Crippen LogP contribution in [0.25, 0.3) is 0 Å². The minimum absolute atomic E-state index is 0.359. The Morgan fingerprint density at radius 1 is 1.43 bits per heavy atom. The Kier molecular flexibility index (Phi) is 4.31. The van der Waals surface area contributed by atoms with Crippen LogP contribution in [0, 0.1) is 0 Å². The Bertz CT molecular complexity index is 274. The first-order chi connectivity index (χ1) is 6.12. The van der Waals surface area contributed by atoms with Crippen molar-refractivity contribution >= 4 is 10.1 Å². The van der Waals surface area contributed by atoms with Crippen molar-refractivity contribution in [2.45, 2.75) is 11.7 Å². The number of nitrogens with zero attached hydrogens (tertiary/aromatic N) is 1. The van der Waals surface area contributed by atoms with Crippen molar-refractivity contribution in [3.05, 3.63) is 0 Å². The molecular weight excluding hydrogens is 225 g/mol. The molecular formula is C5H11F3N2O3S. The molecule has 2 N–H and O–H groups in total. The van der Waals surface area contributed by atoms with Crippen LogP contribution in [0.2, 0.25) is 0 Å². The van der Waals surface area contributed by atoms with E-state index in [4.69, 9.17) is 5.73 Å². The van der Waals surface area contributed by atoms with Gasteiger partial charge in [-0.3, -0.25) is 4.90 Å². The highest BCUT2D eigenvalue weighted by Crippen LogP contribution is 2.25. The number of alkyl halides is 3. The summed E-state index contributed by atoms with van der Waals surface area (Å²) in [4.78, 5) is 1.13. The summed E-state index contributed by atoms with van der Waals surface area (Å²) in [7, 11) is -2.87. The van der Waals surface area contributed by atoms with Crippen LogP contribution in [0.1, 0.15) is 0 Å². The minimum atomic E-state index is -5.58. The zero-order valence-corrected chi connectivity index (χ0v) is 8.39. The first-order valence-electron chi connectivity index (χ1n) is 3.48. The van der Waals surface area contributed by atoms with Gasteiger partial charge in [0.05, 0.1) is 0 Å². The number of halogens is 3. The van der Waals surface area contributed by atoms with Crippen LogP contribution in [-0.4, -0.2) is 45.7 Å². The van der Waals surface area contributed by atoms with E-state index in [0.717, 1.165) is 4.90 Å². The lowest BCUT2D eigenvalue weighted by Crippen LogP contribution is -2.42. The molecule has 0 radical (unpaired) electrons. The molecule has 0 bridgehead atoms. The van der Waals surface area contributed by atoms with Crippen molar-refractivity contribution in [1.82, 2.24) is 4.90 Å². The van der Waals surface area contributed by atoms with Gasteiger partial charge >= 0.3 is 15.6 Å². The number of rotatable bonds is 4. The highest BCUT2D eigenvalue weighted by Gasteiger charge is 2.48. The summed E-state index contributed by atoms with van der Waals surface area (Å²) in [5.41, 5.74) is -0.395. The van der Waals surface area contributed by atoms with Gasteiger partial charge in [-0.1, -0.05) is 0 Å². The van der Waals surface area contributed by atoms with Crippen LogP contribution in [0.3, 0.4) is 0 Å². The van der Waals surface area contributed by atoms with E-state index in [1.807, 2.05) is 0 Å². The second-order valence-electron chi connectivity index (χ2n) is 2.65. The summed E-state index contributed by atoms with van der Waals surface area (Å²) < 4.78 is 60.3. The smallest absolute Gasteiger partial charge is 0.327 e. The van der Waals surface area contributed by atoms with Crippen LogP contribution in [0.5, 0.6) is 0 Å². The van der Waals surface area contributed by atoms with Crippen molar-refractivity contribution in [2.24, 2.45) is 5.73 Å². The van der Waals surface area contributed by atoms with Crippen molar-refractivity contribution in [3.63, 3.8) is 0 Å². The highest BCUT2D eigenvalue weighted by atomic mass is 32.2. The molecule has 0 saturated carbocycles. The van der Waals surface area contributed by atoms with Crippen LogP contribution in [0.4, 0.5) is 13.2 Å². The monoisotopic (exact) mass is 236 g/mol. The molecule has 1 atom stereocenters. The van der Waals surface area contributed by atoms with Gasteiger partial charge in [-0.2, -0.15) is 21.6 Å². The average molecular weight is 236 g/mol. The molecule has 0 spiro atoms. The SMILES string of the molecule is CN(C)C(CN)OS(=O)(=O)C(F)(F)F. The Morgan fingerprint density at radius 3 is 2.07 bits per heavy atom. The van der Waals surface area contributed by atoms with Crippen molar-refractivity contribution in [1.29, 1.82) is 0 Å². The molecule has 0 amide bonds. The van der Waals surface area contributed by atoms with Crippen LogP contribution >= 0.6 is 0 Å². The maximum absolute atomic E-state index is 11.8. The van der Waals surface area contributed by atoms with E-state index in [-0.39, 0.29) is 6.54 Å². The number of nitrogens with two attached hydrogens (primary N) is 1. The van der Waals surface area contributed by atoms with Gasteiger partial charge in [0.25, 0.3) is 0 Å². The molecule has 14 heavy (non-hydrogen) atoms. The third kappa shape index (κ3) is 3.40. The van der Waals surface area contributed by atoms with Gasteiger partial charge in [0.1, 0.15) is 6.23 Å². The van der Waals surface area contributed by atoms with Gasteiger partial charge in [0.2, 0.25) is 0 Å². The molecule has 0 aromatic rings. The predicted molar refractivity (Wildman–Crippen MR) is 42.6 cm³/mol. The van der Waals surface area contributed by atoms with Gasteiger partial charge in [-0.05, 0) is 14.1 Å². The van der Waals surface area contributed by atoms with Crippen molar-refractivity contribution in [2.75, 3.05) is 20.6 Å². The van der Waals surface area contributed by atoms with Crippen LogP contribution in [0.15, 0.2) is 0 Å². The maximum Gasteiger partial charge on any atom is 0.523 e. The maximum atomic E-state index is 11.8. The Labute approximate surface area is 79.7 Å². The Hall–Kier alpha value is -0.380. The fraction of sp³-hybridized carbons (Fsp3) is 1.00. The van der Waals surface area contributed by atoms with Gasteiger partial charge in [0, 0.05) is 6.54 Å². The van der Waals surface area contributed by atoms with E-state index in [9.17, 15) is 21.6 Å². The average Bonchev–Trinajstić information content (AvgIpc) is 1.97. The van der Waals surface area contributed by atoms with E-state index in [0.29, 0.717) is 0 Å². The Morgan fingerprint density at radius 2 is 1.86 bits per heavy atom. The molecule has 86 valence electrons. The van der Waals surface area contributed by atoms with Gasteiger partial charge in [-0.15, -0.1) is 0 Å². The molecule has 0 aliphatic rings. The number of likely N-dealkylation sites (N-methyl/N-ethyl adjacent to an activating group) is 1. The zero-order chi connectivity index (χ0) is 11.6. The van der Waals surface area contributed by atoms with Crippen LogP contribution < -0.4 is 5.73 Å². The lowest BCUT2D eigenvalue weighted by atomic mass is 10.5. The zero-order valence-electron chi connectivity index (χ0n) is 7.58. The van der Waals surface area contributed by atoms with Gasteiger partial charge in [0.15, 0.2) is 0 Å². The van der Waals surface area contributed by atoms with E-state index in [1.54, 1.807) is 0 Å². The fourth-order valence-corrected chi connectivity index (χ4v) is 1.19. The summed E-state index contributed by atoms with van der Waals surface area (Å²) in [6, 6.07) is 0. The molecule has 0 heterocycles. The topological polar surface area (TPSA) is 72.6 Å².